The van der Waals surface area contributed by atoms with Gasteiger partial charge in [0.1, 0.15) is 11.6 Å². The van der Waals surface area contributed by atoms with Crippen molar-refractivity contribution in [3.8, 4) is 0 Å². The number of nitrogens with two attached hydrogens (primary N) is 1. The highest BCUT2D eigenvalue weighted by molar-refractivity contribution is 7.98. The summed E-state index contributed by atoms with van der Waals surface area (Å²) >= 11 is 1.35. The van der Waals surface area contributed by atoms with Gasteiger partial charge in [-0.05, 0) is 25.1 Å². The minimum atomic E-state index is -0.481. The number of hydrogen-bond acceptors (Lipinski definition) is 4. The molecule has 2 aromatic rings. The van der Waals surface area contributed by atoms with Gasteiger partial charge in [-0.15, -0.1) is 11.8 Å². The van der Waals surface area contributed by atoms with Gasteiger partial charge in [0.05, 0.1) is 0 Å². The average molecular weight is 280 g/mol. The van der Waals surface area contributed by atoms with Crippen molar-refractivity contribution in [1.82, 2.24) is 5.43 Å². The number of nitrogens with one attached hydrogen (secondary N) is 1. The summed E-state index contributed by atoms with van der Waals surface area (Å²) in [5.74, 6) is 5.60. The van der Waals surface area contributed by atoms with Crippen LogP contribution in [0.3, 0.4) is 0 Å². The molecule has 1 aromatic heterocycles. The maximum atomic E-state index is 13.5. The second kappa shape index (κ2) is 5.90. The molecule has 4 nitrogen and oxygen atoms in total. The fraction of sp³-hybridized carbons (Fsp3) is 0.154. The molecule has 100 valence electrons. The molecule has 0 radical (unpaired) electrons. The zero-order valence-electron chi connectivity index (χ0n) is 10.3. The number of aryl methyl sites for hydroxylation is 1. The van der Waals surface area contributed by atoms with Gasteiger partial charge in [-0.2, -0.15) is 0 Å². The molecule has 0 saturated heterocycles. The van der Waals surface area contributed by atoms with E-state index in [-0.39, 0.29) is 11.6 Å². The SMILES string of the molecule is Cc1oc(C(=O)NN)cc1CSc1ccccc1F. The van der Waals surface area contributed by atoms with Crippen LogP contribution in [0.25, 0.3) is 0 Å². The van der Waals surface area contributed by atoms with Crippen LogP contribution in [0, 0.1) is 12.7 Å². The van der Waals surface area contributed by atoms with E-state index in [9.17, 15) is 9.18 Å². The summed E-state index contributed by atoms with van der Waals surface area (Å²) in [5.41, 5.74) is 2.84. The monoisotopic (exact) mass is 280 g/mol. The first-order chi connectivity index (χ1) is 9.11. The molecule has 0 aliphatic rings. The number of amides is 1. The molecule has 0 aliphatic carbocycles. The first-order valence-corrected chi connectivity index (χ1v) is 6.58. The molecule has 1 heterocycles. The molecule has 0 unspecified atom stereocenters. The number of hydrazine groups is 1. The Morgan fingerprint density at radius 2 is 2.21 bits per heavy atom. The van der Waals surface area contributed by atoms with Crippen LogP contribution in [-0.4, -0.2) is 5.91 Å². The Labute approximate surface area is 114 Å². The minimum absolute atomic E-state index is 0.157. The van der Waals surface area contributed by atoms with Crippen LogP contribution < -0.4 is 11.3 Å². The van der Waals surface area contributed by atoms with Crippen LogP contribution in [0.5, 0.6) is 0 Å². The second-order valence-corrected chi connectivity index (χ2v) is 4.90. The topological polar surface area (TPSA) is 68.3 Å². The number of nitrogen functional groups attached to an aromatic ring is 1. The maximum absolute atomic E-state index is 13.5. The van der Waals surface area contributed by atoms with E-state index < -0.39 is 5.91 Å². The molecule has 0 aliphatic heterocycles. The number of rotatable bonds is 4. The summed E-state index contributed by atoms with van der Waals surface area (Å²) in [6, 6.07) is 8.17. The Morgan fingerprint density at radius 3 is 2.89 bits per heavy atom. The van der Waals surface area contributed by atoms with E-state index in [1.807, 2.05) is 5.43 Å². The second-order valence-electron chi connectivity index (χ2n) is 3.88. The lowest BCUT2D eigenvalue weighted by atomic mass is 10.3. The molecule has 1 amide bonds. The van der Waals surface area contributed by atoms with Crippen LogP contribution >= 0.6 is 11.8 Å². The zero-order chi connectivity index (χ0) is 13.8. The van der Waals surface area contributed by atoms with E-state index >= 15 is 0 Å². The molecule has 0 spiro atoms. The minimum Gasteiger partial charge on any atom is -0.456 e. The van der Waals surface area contributed by atoms with E-state index in [4.69, 9.17) is 10.3 Å². The predicted molar refractivity (Wildman–Crippen MR) is 71.1 cm³/mol. The Balaban J connectivity index is 2.10. The molecule has 6 heteroatoms. The van der Waals surface area contributed by atoms with E-state index in [0.717, 1.165) is 5.56 Å². The number of thioether (sulfide) groups is 1. The van der Waals surface area contributed by atoms with Gasteiger partial charge in [-0.1, -0.05) is 12.1 Å². The van der Waals surface area contributed by atoms with Gasteiger partial charge >= 0.3 is 5.91 Å². The molecular weight excluding hydrogens is 267 g/mol. The molecule has 0 atom stereocenters. The average Bonchev–Trinajstić information content (AvgIpc) is 2.78. The molecule has 3 N–H and O–H groups in total. The van der Waals surface area contributed by atoms with Crippen molar-refractivity contribution in [2.45, 2.75) is 17.6 Å². The lowest BCUT2D eigenvalue weighted by molar-refractivity contribution is 0.0924. The molecule has 2 rings (SSSR count). The highest BCUT2D eigenvalue weighted by atomic mass is 32.2. The van der Waals surface area contributed by atoms with E-state index in [2.05, 4.69) is 0 Å². The fourth-order valence-corrected chi connectivity index (χ4v) is 2.54. The largest absolute Gasteiger partial charge is 0.456 e. The Hall–Kier alpha value is -1.79. The van der Waals surface area contributed by atoms with Crippen molar-refractivity contribution in [3.05, 3.63) is 53.2 Å². The van der Waals surface area contributed by atoms with Crippen molar-refractivity contribution in [1.29, 1.82) is 0 Å². The molecule has 1 aromatic carbocycles. The van der Waals surface area contributed by atoms with Gasteiger partial charge < -0.3 is 4.42 Å². The number of furan rings is 1. The molecule has 19 heavy (non-hydrogen) atoms. The number of halogens is 1. The van der Waals surface area contributed by atoms with Gasteiger partial charge in [0.15, 0.2) is 5.76 Å². The Kier molecular flexibility index (Phi) is 4.24. The third-order valence-corrected chi connectivity index (χ3v) is 3.69. The zero-order valence-corrected chi connectivity index (χ0v) is 11.1. The summed E-state index contributed by atoms with van der Waals surface area (Å²) in [4.78, 5) is 11.9. The van der Waals surface area contributed by atoms with Crippen molar-refractivity contribution in [2.75, 3.05) is 0 Å². The van der Waals surface area contributed by atoms with Crippen molar-refractivity contribution >= 4 is 17.7 Å². The highest BCUT2D eigenvalue weighted by Gasteiger charge is 2.14. The van der Waals surface area contributed by atoms with Crippen molar-refractivity contribution in [2.24, 2.45) is 5.84 Å². The number of benzene rings is 1. The van der Waals surface area contributed by atoms with Gasteiger partial charge in [-0.3, -0.25) is 10.2 Å². The van der Waals surface area contributed by atoms with E-state index in [0.29, 0.717) is 16.4 Å². The predicted octanol–water partition coefficient (Wildman–Crippen LogP) is 2.62. The lowest BCUT2D eigenvalue weighted by Gasteiger charge is -2.01. The Morgan fingerprint density at radius 1 is 1.47 bits per heavy atom. The first-order valence-electron chi connectivity index (χ1n) is 5.59. The van der Waals surface area contributed by atoms with Crippen molar-refractivity contribution in [3.63, 3.8) is 0 Å². The van der Waals surface area contributed by atoms with Crippen molar-refractivity contribution < 1.29 is 13.6 Å². The van der Waals surface area contributed by atoms with Crippen LogP contribution in [0.2, 0.25) is 0 Å². The van der Waals surface area contributed by atoms with Crippen LogP contribution in [0.15, 0.2) is 39.6 Å². The summed E-state index contributed by atoms with van der Waals surface area (Å²) in [5, 5.41) is 0. The normalized spacial score (nSPS) is 10.5. The van der Waals surface area contributed by atoms with Gasteiger partial charge in [-0.25, -0.2) is 10.2 Å². The smallest absolute Gasteiger partial charge is 0.300 e. The number of carbonyl (C=O) groups is 1. The van der Waals surface area contributed by atoms with Crippen LogP contribution in [0.4, 0.5) is 4.39 Å². The number of hydrogen-bond donors (Lipinski definition) is 2. The number of carbonyl (C=O) groups excluding carboxylic acids is 1. The standard InChI is InChI=1S/C13H13FN2O2S/c1-8-9(6-11(18-8)13(17)16-15)7-19-12-5-3-2-4-10(12)14/h2-6H,7,15H2,1H3,(H,16,17). The Bertz CT molecular complexity index is 598. The third kappa shape index (κ3) is 3.15. The molecule has 0 bridgehead atoms. The van der Waals surface area contributed by atoms with Gasteiger partial charge in [0.25, 0.3) is 0 Å². The van der Waals surface area contributed by atoms with Crippen LogP contribution in [-0.2, 0) is 5.75 Å². The quantitative estimate of drug-likeness (QED) is 0.391. The van der Waals surface area contributed by atoms with Crippen LogP contribution in [0.1, 0.15) is 21.9 Å². The summed E-state index contributed by atoms with van der Waals surface area (Å²) in [6.07, 6.45) is 0. The fourth-order valence-electron chi connectivity index (χ4n) is 1.56. The summed E-state index contributed by atoms with van der Waals surface area (Å²) in [7, 11) is 0. The van der Waals surface area contributed by atoms with E-state index in [1.165, 1.54) is 17.8 Å². The highest BCUT2D eigenvalue weighted by Crippen LogP contribution is 2.27. The van der Waals surface area contributed by atoms with E-state index in [1.54, 1.807) is 31.2 Å². The molecular formula is C13H13FN2O2S. The molecule has 0 saturated carbocycles. The van der Waals surface area contributed by atoms with Gasteiger partial charge in [0.2, 0.25) is 0 Å². The third-order valence-electron chi connectivity index (χ3n) is 2.60. The summed E-state index contributed by atoms with van der Waals surface area (Å²) in [6.45, 7) is 1.75. The lowest BCUT2D eigenvalue weighted by Crippen LogP contribution is -2.29. The maximum Gasteiger partial charge on any atom is 0.300 e. The first kappa shape index (κ1) is 13.6. The summed E-state index contributed by atoms with van der Waals surface area (Å²) < 4.78 is 18.7. The molecule has 0 fully saturated rings. The van der Waals surface area contributed by atoms with Gasteiger partial charge in [0, 0.05) is 16.2 Å².